The number of amides is 1. The van der Waals surface area contributed by atoms with Gasteiger partial charge < -0.3 is 11.1 Å². The first-order valence-electron chi connectivity index (χ1n) is 5.47. The summed E-state index contributed by atoms with van der Waals surface area (Å²) in [6.07, 6.45) is 0. The zero-order valence-electron chi connectivity index (χ0n) is 10.1. The number of hydrogen-bond donors (Lipinski definition) is 2. The zero-order chi connectivity index (χ0) is 14.0. The number of carbonyl (C=O) groups is 1. The van der Waals surface area contributed by atoms with E-state index in [0.29, 0.717) is 5.56 Å². The number of halogens is 2. The highest BCUT2D eigenvalue weighted by atomic mass is 35.5. The van der Waals surface area contributed by atoms with Crippen LogP contribution in [0, 0.1) is 12.7 Å². The summed E-state index contributed by atoms with van der Waals surface area (Å²) < 4.78 is 13.5. The number of hydrogen-bond acceptors (Lipinski definition) is 3. The predicted molar refractivity (Wildman–Crippen MR) is 72.7 cm³/mol. The highest BCUT2D eigenvalue weighted by Crippen LogP contribution is 2.18. The minimum absolute atomic E-state index is 0.127. The van der Waals surface area contributed by atoms with Gasteiger partial charge in [0.05, 0.1) is 0 Å². The highest BCUT2D eigenvalue weighted by molar-refractivity contribution is 6.29. The van der Waals surface area contributed by atoms with Crippen molar-refractivity contribution in [3.05, 3.63) is 52.4 Å². The molecule has 0 bridgehead atoms. The van der Waals surface area contributed by atoms with Crippen LogP contribution < -0.4 is 11.1 Å². The molecule has 1 aromatic heterocycles. The average molecular weight is 280 g/mol. The summed E-state index contributed by atoms with van der Waals surface area (Å²) in [5.41, 5.74) is 6.29. The second kappa shape index (κ2) is 5.24. The monoisotopic (exact) mass is 279 g/mol. The topological polar surface area (TPSA) is 68.0 Å². The largest absolute Gasteiger partial charge is 0.398 e. The molecule has 0 aliphatic carbocycles. The summed E-state index contributed by atoms with van der Waals surface area (Å²) >= 11 is 5.70. The molecule has 0 fully saturated rings. The van der Waals surface area contributed by atoms with E-state index in [-0.39, 0.29) is 22.2 Å². The van der Waals surface area contributed by atoms with Gasteiger partial charge in [-0.25, -0.2) is 9.37 Å². The van der Waals surface area contributed by atoms with E-state index in [1.807, 2.05) is 0 Å². The zero-order valence-corrected chi connectivity index (χ0v) is 10.8. The van der Waals surface area contributed by atoms with E-state index in [1.165, 1.54) is 6.07 Å². The third-order valence-electron chi connectivity index (χ3n) is 2.60. The number of anilines is 2. The van der Waals surface area contributed by atoms with Crippen LogP contribution in [0.2, 0.25) is 5.15 Å². The number of nitrogens with one attached hydrogen (secondary N) is 1. The van der Waals surface area contributed by atoms with Gasteiger partial charge >= 0.3 is 0 Å². The lowest BCUT2D eigenvalue weighted by molar-refractivity contribution is 0.102. The van der Waals surface area contributed by atoms with Gasteiger partial charge in [-0.2, -0.15) is 0 Å². The Morgan fingerprint density at radius 2 is 2.16 bits per heavy atom. The fourth-order valence-electron chi connectivity index (χ4n) is 1.50. The maximum atomic E-state index is 13.5. The molecule has 0 spiro atoms. The Hall–Kier alpha value is -2.14. The summed E-state index contributed by atoms with van der Waals surface area (Å²) in [6, 6.07) is 7.36. The molecule has 0 atom stereocenters. The molecule has 0 aliphatic heterocycles. The van der Waals surface area contributed by atoms with Crippen molar-refractivity contribution in [3.8, 4) is 0 Å². The second-order valence-electron chi connectivity index (χ2n) is 3.97. The smallest absolute Gasteiger partial charge is 0.256 e. The first-order valence-corrected chi connectivity index (χ1v) is 5.84. The van der Waals surface area contributed by atoms with Gasteiger partial charge in [-0.1, -0.05) is 17.7 Å². The molecular weight excluding hydrogens is 269 g/mol. The summed E-state index contributed by atoms with van der Waals surface area (Å²) in [7, 11) is 0. The molecular formula is C13H11ClFN3O. The number of nitrogen functional groups attached to an aromatic ring is 1. The van der Waals surface area contributed by atoms with Crippen LogP contribution >= 0.6 is 11.6 Å². The summed E-state index contributed by atoms with van der Waals surface area (Å²) in [5, 5.41) is 2.77. The van der Waals surface area contributed by atoms with Gasteiger partial charge in [0, 0.05) is 16.8 Å². The first kappa shape index (κ1) is 13.3. The van der Waals surface area contributed by atoms with E-state index in [0.717, 1.165) is 6.07 Å². The summed E-state index contributed by atoms with van der Waals surface area (Å²) in [4.78, 5) is 15.8. The SMILES string of the molecule is Cc1c(N)cc(C(=O)Nc2cccc(Cl)n2)cc1F. The van der Waals surface area contributed by atoms with Crippen LogP contribution in [-0.2, 0) is 0 Å². The van der Waals surface area contributed by atoms with Gasteiger partial charge in [0.15, 0.2) is 0 Å². The normalized spacial score (nSPS) is 10.3. The number of rotatable bonds is 2. The van der Waals surface area contributed by atoms with E-state index in [4.69, 9.17) is 17.3 Å². The summed E-state index contributed by atoms with van der Waals surface area (Å²) in [6.45, 7) is 1.55. The molecule has 0 saturated carbocycles. The maximum Gasteiger partial charge on any atom is 0.256 e. The molecule has 6 heteroatoms. The van der Waals surface area contributed by atoms with Gasteiger partial charge in [0.1, 0.15) is 16.8 Å². The maximum absolute atomic E-state index is 13.5. The quantitative estimate of drug-likeness (QED) is 0.656. The van der Waals surface area contributed by atoms with Gasteiger partial charge in [-0.3, -0.25) is 4.79 Å². The van der Waals surface area contributed by atoms with E-state index >= 15 is 0 Å². The lowest BCUT2D eigenvalue weighted by Gasteiger charge is -2.07. The van der Waals surface area contributed by atoms with Crippen LogP contribution in [0.4, 0.5) is 15.9 Å². The Balaban J connectivity index is 2.25. The lowest BCUT2D eigenvalue weighted by Crippen LogP contribution is -2.14. The Kier molecular flexibility index (Phi) is 3.66. The molecule has 3 N–H and O–H groups in total. The van der Waals surface area contributed by atoms with Gasteiger partial charge in [0.25, 0.3) is 5.91 Å². The first-order chi connectivity index (χ1) is 8.97. The van der Waals surface area contributed by atoms with Crippen molar-refractivity contribution in [1.29, 1.82) is 0 Å². The summed E-state index contributed by atoms with van der Waals surface area (Å²) in [5.74, 6) is -0.735. The molecule has 19 heavy (non-hydrogen) atoms. The van der Waals surface area contributed by atoms with Crippen molar-refractivity contribution in [1.82, 2.24) is 4.98 Å². The number of nitrogens with zero attached hydrogens (tertiary/aromatic N) is 1. The molecule has 0 saturated heterocycles. The van der Waals surface area contributed by atoms with E-state index < -0.39 is 11.7 Å². The second-order valence-corrected chi connectivity index (χ2v) is 4.36. The number of benzene rings is 1. The number of nitrogens with two attached hydrogens (primary N) is 1. The van der Waals surface area contributed by atoms with Crippen molar-refractivity contribution in [2.24, 2.45) is 0 Å². The fraction of sp³-hybridized carbons (Fsp3) is 0.0769. The van der Waals surface area contributed by atoms with Gasteiger partial charge in [-0.15, -0.1) is 0 Å². The Morgan fingerprint density at radius 1 is 1.42 bits per heavy atom. The van der Waals surface area contributed by atoms with Crippen LogP contribution in [0.5, 0.6) is 0 Å². The third-order valence-corrected chi connectivity index (χ3v) is 2.81. The molecule has 1 heterocycles. The molecule has 0 unspecified atom stereocenters. The van der Waals surface area contributed by atoms with Crippen molar-refractivity contribution < 1.29 is 9.18 Å². The average Bonchev–Trinajstić information content (AvgIpc) is 2.35. The van der Waals surface area contributed by atoms with Gasteiger partial charge in [0.2, 0.25) is 0 Å². The molecule has 4 nitrogen and oxygen atoms in total. The predicted octanol–water partition coefficient (Wildman–Crippen LogP) is 3.02. The molecule has 1 amide bonds. The van der Waals surface area contributed by atoms with Crippen molar-refractivity contribution in [2.45, 2.75) is 6.92 Å². The number of aromatic nitrogens is 1. The van der Waals surface area contributed by atoms with E-state index in [1.54, 1.807) is 25.1 Å². The molecule has 0 radical (unpaired) electrons. The third kappa shape index (κ3) is 3.00. The van der Waals surface area contributed by atoms with Crippen LogP contribution in [-0.4, -0.2) is 10.9 Å². The van der Waals surface area contributed by atoms with Crippen LogP contribution in [0.25, 0.3) is 0 Å². The van der Waals surface area contributed by atoms with E-state index in [9.17, 15) is 9.18 Å². The Bertz CT molecular complexity index is 623. The molecule has 98 valence electrons. The fourth-order valence-corrected chi connectivity index (χ4v) is 1.66. The van der Waals surface area contributed by atoms with Crippen LogP contribution in [0.15, 0.2) is 30.3 Å². The number of carbonyl (C=O) groups excluding carboxylic acids is 1. The Morgan fingerprint density at radius 3 is 2.79 bits per heavy atom. The van der Waals surface area contributed by atoms with Crippen molar-refractivity contribution in [3.63, 3.8) is 0 Å². The standard InChI is InChI=1S/C13H11ClFN3O/c1-7-9(15)5-8(6-10(7)16)13(19)18-12-4-2-3-11(14)17-12/h2-6H,16H2,1H3,(H,17,18,19). The van der Waals surface area contributed by atoms with Crippen LogP contribution in [0.3, 0.4) is 0 Å². The van der Waals surface area contributed by atoms with Crippen LogP contribution in [0.1, 0.15) is 15.9 Å². The van der Waals surface area contributed by atoms with E-state index in [2.05, 4.69) is 10.3 Å². The highest BCUT2D eigenvalue weighted by Gasteiger charge is 2.11. The minimum atomic E-state index is -0.524. The number of pyridine rings is 1. The van der Waals surface area contributed by atoms with Crippen molar-refractivity contribution in [2.75, 3.05) is 11.1 Å². The Labute approximate surface area is 114 Å². The minimum Gasteiger partial charge on any atom is -0.398 e. The molecule has 0 aliphatic rings. The molecule has 2 rings (SSSR count). The lowest BCUT2D eigenvalue weighted by atomic mass is 10.1. The molecule has 1 aromatic carbocycles. The van der Waals surface area contributed by atoms with Crippen molar-refractivity contribution >= 4 is 29.0 Å². The van der Waals surface area contributed by atoms with Gasteiger partial charge in [-0.05, 0) is 31.2 Å². The molecule has 2 aromatic rings.